The molecule has 0 radical (unpaired) electrons. The first-order valence-electron chi connectivity index (χ1n) is 6.42. The summed E-state index contributed by atoms with van der Waals surface area (Å²) in [6.07, 6.45) is 1.60. The fourth-order valence-electron chi connectivity index (χ4n) is 2.12. The smallest absolute Gasteiger partial charge is 0.144 e. The molecule has 0 amide bonds. The molecule has 2 aromatic rings. The molecule has 102 valence electrons. The van der Waals surface area contributed by atoms with Crippen LogP contribution in [-0.2, 0) is 6.54 Å². The Kier molecular flexibility index (Phi) is 4.44. The molecule has 0 spiro atoms. The van der Waals surface area contributed by atoms with Crippen molar-refractivity contribution in [1.29, 1.82) is 5.26 Å². The zero-order valence-electron chi connectivity index (χ0n) is 11.5. The second kappa shape index (κ2) is 6.27. The quantitative estimate of drug-likeness (QED) is 0.855. The van der Waals surface area contributed by atoms with Crippen molar-refractivity contribution in [2.45, 2.75) is 19.5 Å². The molecular weight excluding hydrogens is 253 g/mol. The van der Waals surface area contributed by atoms with Crippen molar-refractivity contribution < 1.29 is 4.39 Å². The van der Waals surface area contributed by atoms with Gasteiger partial charge in [0, 0.05) is 29.9 Å². The lowest BCUT2D eigenvalue weighted by Gasteiger charge is -2.25. The van der Waals surface area contributed by atoms with Gasteiger partial charge in [-0.2, -0.15) is 5.26 Å². The molecule has 0 N–H and O–H groups in total. The molecule has 0 aliphatic rings. The van der Waals surface area contributed by atoms with Crippen LogP contribution in [0.4, 0.5) is 4.39 Å². The van der Waals surface area contributed by atoms with Gasteiger partial charge in [0.05, 0.1) is 0 Å². The second-order valence-corrected chi connectivity index (χ2v) is 4.74. The summed E-state index contributed by atoms with van der Waals surface area (Å²) in [5, 5.41) is 9.04. The van der Waals surface area contributed by atoms with E-state index in [1.54, 1.807) is 24.4 Å². The topological polar surface area (TPSA) is 39.9 Å². The van der Waals surface area contributed by atoms with E-state index in [1.807, 2.05) is 31.0 Å². The molecule has 2 rings (SSSR count). The van der Waals surface area contributed by atoms with Crippen LogP contribution >= 0.6 is 0 Å². The molecule has 0 bridgehead atoms. The predicted octanol–water partition coefficient (Wildman–Crippen LogP) is 3.29. The van der Waals surface area contributed by atoms with Crippen LogP contribution in [0.5, 0.6) is 0 Å². The van der Waals surface area contributed by atoms with Crippen molar-refractivity contribution in [2.24, 2.45) is 0 Å². The highest BCUT2D eigenvalue weighted by molar-refractivity contribution is 5.30. The van der Waals surface area contributed by atoms with E-state index in [4.69, 9.17) is 5.26 Å². The van der Waals surface area contributed by atoms with Gasteiger partial charge in [-0.15, -0.1) is 0 Å². The molecular formula is C16H16FN3. The normalized spacial score (nSPS) is 12.2. The Labute approximate surface area is 118 Å². The van der Waals surface area contributed by atoms with Gasteiger partial charge in [0.25, 0.3) is 0 Å². The van der Waals surface area contributed by atoms with Gasteiger partial charge >= 0.3 is 0 Å². The Morgan fingerprint density at radius 3 is 2.75 bits per heavy atom. The van der Waals surface area contributed by atoms with Crippen molar-refractivity contribution in [2.75, 3.05) is 7.05 Å². The molecule has 0 aliphatic carbocycles. The monoisotopic (exact) mass is 269 g/mol. The van der Waals surface area contributed by atoms with Crippen molar-refractivity contribution in [1.82, 2.24) is 9.88 Å². The number of nitrogens with zero attached hydrogens (tertiary/aromatic N) is 3. The number of rotatable bonds is 4. The number of nitriles is 1. The highest BCUT2D eigenvalue weighted by Crippen LogP contribution is 2.23. The Morgan fingerprint density at radius 2 is 2.05 bits per heavy atom. The van der Waals surface area contributed by atoms with Crippen molar-refractivity contribution in [3.63, 3.8) is 0 Å². The molecule has 1 unspecified atom stereocenters. The molecule has 3 nitrogen and oxygen atoms in total. The minimum absolute atomic E-state index is 0.0806. The van der Waals surface area contributed by atoms with Gasteiger partial charge in [-0.3, -0.25) is 4.90 Å². The number of hydrogen-bond donors (Lipinski definition) is 0. The lowest BCUT2D eigenvalue weighted by molar-refractivity contribution is 0.247. The van der Waals surface area contributed by atoms with E-state index < -0.39 is 0 Å². The highest BCUT2D eigenvalue weighted by atomic mass is 19.1. The first-order valence-corrected chi connectivity index (χ1v) is 6.42. The third-order valence-electron chi connectivity index (χ3n) is 3.43. The van der Waals surface area contributed by atoms with Crippen LogP contribution < -0.4 is 0 Å². The summed E-state index contributed by atoms with van der Waals surface area (Å²) in [6.45, 7) is 2.49. The standard InChI is InChI=1S/C16H16FN3/c1-12(14-7-3-4-8-15(14)17)20(2)11-13-6-5-9-19-16(13)10-18/h3-9,12H,11H2,1-2H3. The number of hydrogen-bond acceptors (Lipinski definition) is 3. The van der Waals surface area contributed by atoms with E-state index >= 15 is 0 Å². The average molecular weight is 269 g/mol. The molecule has 20 heavy (non-hydrogen) atoms. The van der Waals surface area contributed by atoms with Gasteiger partial charge in [-0.05, 0) is 26.1 Å². The minimum Gasteiger partial charge on any atom is -0.295 e. The van der Waals surface area contributed by atoms with Crippen molar-refractivity contribution in [3.8, 4) is 6.07 Å². The molecule has 0 aliphatic heterocycles. The van der Waals surface area contributed by atoms with Gasteiger partial charge in [0.15, 0.2) is 0 Å². The maximum atomic E-state index is 13.8. The van der Waals surface area contributed by atoms with E-state index in [-0.39, 0.29) is 11.9 Å². The van der Waals surface area contributed by atoms with Gasteiger partial charge < -0.3 is 0 Å². The fraction of sp³-hybridized carbons (Fsp3) is 0.250. The lowest BCUT2D eigenvalue weighted by Crippen LogP contribution is -2.23. The zero-order chi connectivity index (χ0) is 14.5. The second-order valence-electron chi connectivity index (χ2n) is 4.74. The van der Waals surface area contributed by atoms with E-state index in [0.29, 0.717) is 17.8 Å². The molecule has 1 aromatic carbocycles. The lowest BCUT2D eigenvalue weighted by atomic mass is 10.1. The predicted molar refractivity (Wildman–Crippen MR) is 75.2 cm³/mol. The Bertz CT molecular complexity index is 634. The highest BCUT2D eigenvalue weighted by Gasteiger charge is 2.16. The SMILES string of the molecule is CC(c1ccccc1F)N(C)Cc1cccnc1C#N. The average Bonchev–Trinajstić information content (AvgIpc) is 2.47. The van der Waals surface area contributed by atoms with E-state index in [9.17, 15) is 4.39 Å². The van der Waals surface area contributed by atoms with Crippen molar-refractivity contribution in [3.05, 3.63) is 65.2 Å². The van der Waals surface area contributed by atoms with Gasteiger partial charge in [0.2, 0.25) is 0 Å². The van der Waals surface area contributed by atoms with Gasteiger partial charge in [0.1, 0.15) is 17.6 Å². The fourth-order valence-corrected chi connectivity index (χ4v) is 2.12. The largest absolute Gasteiger partial charge is 0.295 e. The number of aromatic nitrogens is 1. The number of halogens is 1. The van der Waals surface area contributed by atoms with Crippen molar-refractivity contribution >= 4 is 0 Å². The van der Waals surface area contributed by atoms with E-state index in [0.717, 1.165) is 5.56 Å². The Morgan fingerprint density at radius 1 is 1.30 bits per heavy atom. The molecule has 4 heteroatoms. The maximum Gasteiger partial charge on any atom is 0.144 e. The Balaban J connectivity index is 2.18. The Hall–Kier alpha value is -2.25. The van der Waals surface area contributed by atoms with Gasteiger partial charge in [-0.1, -0.05) is 24.3 Å². The molecule has 1 aromatic heterocycles. The minimum atomic E-state index is -0.210. The summed E-state index contributed by atoms with van der Waals surface area (Å²) in [5.41, 5.74) is 1.91. The number of pyridine rings is 1. The van der Waals surface area contributed by atoms with Crippen LogP contribution in [0.1, 0.15) is 29.8 Å². The van der Waals surface area contributed by atoms with Crippen LogP contribution in [0.15, 0.2) is 42.6 Å². The molecule has 0 fully saturated rings. The molecule has 0 saturated carbocycles. The van der Waals surface area contributed by atoms with Crippen LogP contribution in [-0.4, -0.2) is 16.9 Å². The maximum absolute atomic E-state index is 13.8. The van der Waals surface area contributed by atoms with Crippen LogP contribution in [0.25, 0.3) is 0 Å². The summed E-state index contributed by atoms with van der Waals surface area (Å²) >= 11 is 0. The summed E-state index contributed by atoms with van der Waals surface area (Å²) in [5.74, 6) is -0.210. The van der Waals surface area contributed by atoms with E-state index in [1.165, 1.54) is 6.07 Å². The number of benzene rings is 1. The third kappa shape index (κ3) is 3.01. The summed E-state index contributed by atoms with van der Waals surface area (Å²) < 4.78 is 13.8. The summed E-state index contributed by atoms with van der Waals surface area (Å²) in [4.78, 5) is 6.03. The first kappa shape index (κ1) is 14.2. The third-order valence-corrected chi connectivity index (χ3v) is 3.43. The first-order chi connectivity index (χ1) is 9.63. The van der Waals surface area contributed by atoms with E-state index in [2.05, 4.69) is 11.1 Å². The van der Waals surface area contributed by atoms with Gasteiger partial charge in [-0.25, -0.2) is 9.37 Å². The summed E-state index contributed by atoms with van der Waals surface area (Å²) in [6, 6.07) is 12.4. The van der Waals surface area contributed by atoms with Crippen LogP contribution in [0.3, 0.4) is 0 Å². The molecule has 0 saturated heterocycles. The summed E-state index contributed by atoms with van der Waals surface area (Å²) in [7, 11) is 1.91. The zero-order valence-corrected chi connectivity index (χ0v) is 11.5. The van der Waals surface area contributed by atoms with Crippen LogP contribution in [0.2, 0.25) is 0 Å². The molecule has 1 atom stereocenters. The molecule has 1 heterocycles. The van der Waals surface area contributed by atoms with Crippen LogP contribution in [0, 0.1) is 17.1 Å².